The summed E-state index contributed by atoms with van der Waals surface area (Å²) in [5.74, 6) is -0.301. The summed E-state index contributed by atoms with van der Waals surface area (Å²) < 4.78 is 1.05. The van der Waals surface area contributed by atoms with Gasteiger partial charge in [-0.3, -0.25) is 14.5 Å². The molecule has 1 atom stereocenters. The molecule has 0 saturated carbocycles. The van der Waals surface area contributed by atoms with Gasteiger partial charge < -0.3 is 4.90 Å². The first-order valence-corrected chi connectivity index (χ1v) is 12.4. The molecule has 5 nitrogen and oxygen atoms in total. The number of aromatic nitrogens is 1. The van der Waals surface area contributed by atoms with Gasteiger partial charge in [0, 0.05) is 18.7 Å². The van der Waals surface area contributed by atoms with E-state index in [1.54, 1.807) is 4.90 Å². The van der Waals surface area contributed by atoms with E-state index < -0.39 is 0 Å². The number of benzene rings is 3. The number of para-hydroxylation sites is 2. The summed E-state index contributed by atoms with van der Waals surface area (Å²) in [7, 11) is 0. The molecule has 1 saturated heterocycles. The van der Waals surface area contributed by atoms with Crippen molar-refractivity contribution in [2.75, 3.05) is 18.0 Å². The molecule has 6 heteroatoms. The zero-order valence-corrected chi connectivity index (χ0v) is 20.2. The van der Waals surface area contributed by atoms with E-state index in [0.717, 1.165) is 39.9 Å². The zero-order chi connectivity index (χ0) is 23.7. The van der Waals surface area contributed by atoms with E-state index in [9.17, 15) is 9.59 Å². The molecule has 172 valence electrons. The second-order valence-electron chi connectivity index (χ2n) is 8.88. The third-order valence-electron chi connectivity index (χ3n) is 6.41. The molecular weight excluding hydrogens is 442 g/mol. The number of nitrogens with zero attached hydrogens (tertiary/aromatic N) is 3. The first kappa shape index (κ1) is 22.3. The standard InChI is InChI=1S/C28H27N3O2S/c1-19-13-15-21(16-14-19)26(32)30-17-7-9-22(18-30)27(33)31(24-11-5-3-8-20(24)2)28-29-23-10-4-6-12-25(23)34-28/h3-6,8,10-16,22H,7,9,17-18H2,1-2H3. The van der Waals surface area contributed by atoms with Gasteiger partial charge in [-0.1, -0.05) is 59.4 Å². The van der Waals surface area contributed by atoms with Crippen LogP contribution in [0.2, 0.25) is 0 Å². The number of thiazole rings is 1. The van der Waals surface area contributed by atoms with E-state index in [-0.39, 0.29) is 17.7 Å². The number of fused-ring (bicyclic) bond motifs is 1. The minimum absolute atomic E-state index is 0.00485. The number of carbonyl (C=O) groups is 2. The topological polar surface area (TPSA) is 53.5 Å². The number of anilines is 2. The van der Waals surface area contributed by atoms with Crippen LogP contribution in [0.4, 0.5) is 10.8 Å². The Labute approximate surface area is 203 Å². The minimum atomic E-state index is -0.283. The summed E-state index contributed by atoms with van der Waals surface area (Å²) in [5, 5.41) is 0.669. The van der Waals surface area contributed by atoms with Crippen molar-refractivity contribution in [3.63, 3.8) is 0 Å². The predicted octanol–water partition coefficient (Wildman–Crippen LogP) is 6.13. The summed E-state index contributed by atoms with van der Waals surface area (Å²) >= 11 is 1.52. The van der Waals surface area contributed by atoms with Crippen LogP contribution in [0.3, 0.4) is 0 Å². The highest BCUT2D eigenvalue weighted by molar-refractivity contribution is 7.22. The smallest absolute Gasteiger partial charge is 0.253 e. The molecule has 2 heterocycles. The van der Waals surface area contributed by atoms with Crippen LogP contribution in [0.5, 0.6) is 0 Å². The Morgan fingerprint density at radius 3 is 2.47 bits per heavy atom. The fourth-order valence-electron chi connectivity index (χ4n) is 4.51. The number of carbonyl (C=O) groups excluding carboxylic acids is 2. The van der Waals surface area contributed by atoms with E-state index in [1.165, 1.54) is 11.3 Å². The Bertz CT molecular complexity index is 1310. The van der Waals surface area contributed by atoms with Gasteiger partial charge in [0.15, 0.2) is 5.13 Å². The molecule has 1 aliphatic rings. The molecule has 0 bridgehead atoms. The Morgan fingerprint density at radius 2 is 1.71 bits per heavy atom. The minimum Gasteiger partial charge on any atom is -0.338 e. The number of likely N-dealkylation sites (tertiary alicyclic amines) is 1. The quantitative estimate of drug-likeness (QED) is 0.361. The molecule has 1 unspecified atom stereocenters. The fourth-order valence-corrected chi connectivity index (χ4v) is 5.50. The molecule has 4 aromatic rings. The number of hydrogen-bond acceptors (Lipinski definition) is 4. The number of amides is 2. The first-order valence-electron chi connectivity index (χ1n) is 11.6. The van der Waals surface area contributed by atoms with Crippen molar-refractivity contribution in [2.45, 2.75) is 26.7 Å². The Hall–Kier alpha value is -3.51. The average molecular weight is 470 g/mol. The molecule has 1 aromatic heterocycles. The Balaban J connectivity index is 1.46. The third-order valence-corrected chi connectivity index (χ3v) is 7.43. The van der Waals surface area contributed by atoms with Gasteiger partial charge in [0.05, 0.1) is 21.8 Å². The summed E-state index contributed by atoms with van der Waals surface area (Å²) in [5.41, 5.74) is 4.52. The normalized spacial score (nSPS) is 15.9. The van der Waals surface area contributed by atoms with Gasteiger partial charge in [-0.15, -0.1) is 0 Å². The third kappa shape index (κ3) is 4.33. The maximum Gasteiger partial charge on any atom is 0.253 e. The van der Waals surface area contributed by atoms with Crippen LogP contribution in [0.15, 0.2) is 72.8 Å². The van der Waals surface area contributed by atoms with Gasteiger partial charge >= 0.3 is 0 Å². The summed E-state index contributed by atoms with van der Waals surface area (Å²) in [6.07, 6.45) is 1.55. The van der Waals surface area contributed by atoms with Gasteiger partial charge in [0.25, 0.3) is 5.91 Å². The second-order valence-corrected chi connectivity index (χ2v) is 9.89. The fraction of sp³-hybridized carbons (Fsp3) is 0.250. The number of hydrogen-bond donors (Lipinski definition) is 0. The highest BCUT2D eigenvalue weighted by atomic mass is 32.1. The van der Waals surface area contributed by atoms with E-state index in [4.69, 9.17) is 4.98 Å². The SMILES string of the molecule is Cc1ccc(C(=O)N2CCCC(C(=O)N(c3nc4ccccc4s3)c3ccccc3C)C2)cc1. The van der Waals surface area contributed by atoms with Crippen LogP contribution >= 0.6 is 11.3 Å². The van der Waals surface area contributed by atoms with E-state index in [0.29, 0.717) is 23.8 Å². The van der Waals surface area contributed by atoms with Crippen LogP contribution in [0.25, 0.3) is 10.2 Å². The predicted molar refractivity (Wildman–Crippen MR) is 138 cm³/mol. The van der Waals surface area contributed by atoms with Crippen molar-refractivity contribution < 1.29 is 9.59 Å². The average Bonchev–Trinajstić information content (AvgIpc) is 3.29. The van der Waals surface area contributed by atoms with Crippen LogP contribution in [-0.2, 0) is 4.79 Å². The summed E-state index contributed by atoms with van der Waals surface area (Å²) in [6.45, 7) is 5.10. The molecule has 3 aromatic carbocycles. The van der Waals surface area contributed by atoms with Crippen LogP contribution in [0, 0.1) is 19.8 Å². The molecule has 1 aliphatic heterocycles. The highest BCUT2D eigenvalue weighted by Crippen LogP contribution is 2.37. The van der Waals surface area contributed by atoms with Crippen molar-refractivity contribution in [3.05, 3.63) is 89.5 Å². The summed E-state index contributed by atoms with van der Waals surface area (Å²) in [6, 6.07) is 23.5. The highest BCUT2D eigenvalue weighted by Gasteiger charge is 2.34. The second kappa shape index (κ2) is 9.39. The monoisotopic (exact) mass is 469 g/mol. The van der Waals surface area contributed by atoms with Gasteiger partial charge in [-0.05, 0) is 62.6 Å². The molecule has 0 spiro atoms. The Kier molecular flexibility index (Phi) is 6.16. The number of piperidine rings is 1. The molecule has 1 fully saturated rings. The lowest BCUT2D eigenvalue weighted by Crippen LogP contribution is -2.46. The Morgan fingerprint density at radius 1 is 0.971 bits per heavy atom. The zero-order valence-electron chi connectivity index (χ0n) is 19.4. The van der Waals surface area contributed by atoms with Crippen LogP contribution < -0.4 is 4.90 Å². The van der Waals surface area contributed by atoms with Gasteiger partial charge in [-0.2, -0.15) is 0 Å². The molecule has 0 radical (unpaired) electrons. The molecule has 34 heavy (non-hydrogen) atoms. The maximum absolute atomic E-state index is 14.0. The lowest BCUT2D eigenvalue weighted by molar-refractivity contribution is -0.122. The number of rotatable bonds is 4. The summed E-state index contributed by atoms with van der Waals surface area (Å²) in [4.78, 5) is 35.6. The van der Waals surface area contributed by atoms with E-state index in [2.05, 4.69) is 0 Å². The molecule has 0 aliphatic carbocycles. The van der Waals surface area contributed by atoms with Crippen molar-refractivity contribution in [1.82, 2.24) is 9.88 Å². The van der Waals surface area contributed by atoms with Crippen molar-refractivity contribution in [2.24, 2.45) is 5.92 Å². The lowest BCUT2D eigenvalue weighted by Gasteiger charge is -2.34. The first-order chi connectivity index (χ1) is 16.5. The largest absolute Gasteiger partial charge is 0.338 e. The van der Waals surface area contributed by atoms with E-state index >= 15 is 0 Å². The molecular formula is C28H27N3O2S. The van der Waals surface area contributed by atoms with Crippen LogP contribution in [-0.4, -0.2) is 34.8 Å². The molecule has 0 N–H and O–H groups in total. The van der Waals surface area contributed by atoms with Crippen LogP contribution in [0.1, 0.15) is 34.3 Å². The molecule has 2 amide bonds. The lowest BCUT2D eigenvalue weighted by atomic mass is 9.95. The number of aryl methyl sites for hydroxylation is 2. The van der Waals surface area contributed by atoms with Gasteiger partial charge in [0.1, 0.15) is 0 Å². The van der Waals surface area contributed by atoms with Crippen molar-refractivity contribution in [1.29, 1.82) is 0 Å². The van der Waals surface area contributed by atoms with E-state index in [1.807, 2.05) is 91.5 Å². The molecule has 5 rings (SSSR count). The maximum atomic E-state index is 14.0. The van der Waals surface area contributed by atoms with Gasteiger partial charge in [0.2, 0.25) is 5.91 Å². The van der Waals surface area contributed by atoms with Gasteiger partial charge in [-0.25, -0.2) is 4.98 Å². The van der Waals surface area contributed by atoms with Crippen molar-refractivity contribution >= 4 is 44.2 Å². The van der Waals surface area contributed by atoms with Crippen molar-refractivity contribution in [3.8, 4) is 0 Å².